The van der Waals surface area contributed by atoms with E-state index in [0.29, 0.717) is 5.95 Å². The molecule has 0 aliphatic carbocycles. The molecule has 0 atom stereocenters. The van der Waals surface area contributed by atoms with Gasteiger partial charge in [-0.1, -0.05) is 13.0 Å². The first-order chi connectivity index (χ1) is 8.86. The first-order valence-electron chi connectivity index (χ1n) is 5.97. The first kappa shape index (κ1) is 11.2. The number of aryl methyl sites for hydroxylation is 1. The van der Waals surface area contributed by atoms with Crippen LogP contribution in [0.25, 0.3) is 5.65 Å². The van der Waals surface area contributed by atoms with E-state index in [1.165, 1.54) is 10.4 Å². The molecule has 92 valence electrons. The van der Waals surface area contributed by atoms with Gasteiger partial charge in [-0.15, -0.1) is 16.4 Å². The number of aromatic nitrogens is 3. The zero-order chi connectivity index (χ0) is 12.4. The predicted molar refractivity (Wildman–Crippen MR) is 74.0 cm³/mol. The molecule has 0 fully saturated rings. The van der Waals surface area contributed by atoms with Crippen LogP contribution in [0.4, 0.5) is 5.95 Å². The fourth-order valence-electron chi connectivity index (χ4n) is 1.90. The molecule has 0 saturated heterocycles. The summed E-state index contributed by atoms with van der Waals surface area (Å²) in [4.78, 5) is 5.77. The molecule has 0 saturated carbocycles. The molecule has 0 aliphatic rings. The molecule has 3 aromatic heterocycles. The van der Waals surface area contributed by atoms with E-state index >= 15 is 0 Å². The Kier molecular flexibility index (Phi) is 2.98. The third-order valence-electron chi connectivity index (χ3n) is 2.87. The smallest absolute Gasteiger partial charge is 0.243 e. The SMILES string of the molecule is CCc1ccsc1CNc1nc2ccccn2n1. The highest BCUT2D eigenvalue weighted by atomic mass is 32.1. The number of nitrogens with one attached hydrogen (secondary N) is 1. The number of anilines is 1. The second-order valence-corrected chi connectivity index (χ2v) is 5.02. The van der Waals surface area contributed by atoms with Gasteiger partial charge in [0.05, 0.1) is 6.54 Å². The number of nitrogens with zero attached hydrogens (tertiary/aromatic N) is 3. The molecular weight excluding hydrogens is 244 g/mol. The van der Waals surface area contributed by atoms with Gasteiger partial charge in [0.2, 0.25) is 5.95 Å². The van der Waals surface area contributed by atoms with Gasteiger partial charge in [0, 0.05) is 11.1 Å². The maximum Gasteiger partial charge on any atom is 0.243 e. The van der Waals surface area contributed by atoms with Gasteiger partial charge in [-0.3, -0.25) is 0 Å². The zero-order valence-electron chi connectivity index (χ0n) is 10.1. The molecule has 0 bridgehead atoms. The van der Waals surface area contributed by atoms with Crippen LogP contribution in [0.5, 0.6) is 0 Å². The van der Waals surface area contributed by atoms with Crippen LogP contribution >= 0.6 is 11.3 Å². The van der Waals surface area contributed by atoms with Crippen molar-refractivity contribution in [3.05, 3.63) is 46.3 Å². The van der Waals surface area contributed by atoms with E-state index in [-0.39, 0.29) is 0 Å². The quantitative estimate of drug-likeness (QED) is 0.782. The molecule has 1 N–H and O–H groups in total. The van der Waals surface area contributed by atoms with E-state index in [0.717, 1.165) is 18.6 Å². The average molecular weight is 258 g/mol. The Morgan fingerprint density at radius 3 is 3.11 bits per heavy atom. The van der Waals surface area contributed by atoms with Crippen LogP contribution in [0.15, 0.2) is 35.8 Å². The van der Waals surface area contributed by atoms with E-state index in [2.05, 4.69) is 33.8 Å². The van der Waals surface area contributed by atoms with Gasteiger partial charge in [-0.25, -0.2) is 4.52 Å². The van der Waals surface area contributed by atoms with Gasteiger partial charge in [0.25, 0.3) is 0 Å². The molecule has 0 spiro atoms. The molecular formula is C13H14N4S. The topological polar surface area (TPSA) is 42.2 Å². The van der Waals surface area contributed by atoms with Crippen molar-refractivity contribution in [2.24, 2.45) is 0 Å². The molecule has 5 heteroatoms. The minimum Gasteiger partial charge on any atom is -0.348 e. The lowest BCUT2D eigenvalue weighted by Crippen LogP contribution is -2.01. The van der Waals surface area contributed by atoms with Gasteiger partial charge in [-0.05, 0) is 35.6 Å². The second-order valence-electron chi connectivity index (χ2n) is 4.01. The van der Waals surface area contributed by atoms with Crippen molar-refractivity contribution in [2.45, 2.75) is 19.9 Å². The highest BCUT2D eigenvalue weighted by molar-refractivity contribution is 7.10. The van der Waals surface area contributed by atoms with Gasteiger partial charge >= 0.3 is 0 Å². The number of hydrogen-bond donors (Lipinski definition) is 1. The van der Waals surface area contributed by atoms with Crippen LogP contribution in [-0.4, -0.2) is 14.6 Å². The molecule has 3 heterocycles. The van der Waals surface area contributed by atoms with E-state index in [4.69, 9.17) is 0 Å². The Morgan fingerprint density at radius 1 is 1.33 bits per heavy atom. The van der Waals surface area contributed by atoms with Crippen molar-refractivity contribution in [1.82, 2.24) is 14.6 Å². The highest BCUT2D eigenvalue weighted by Crippen LogP contribution is 2.18. The summed E-state index contributed by atoms with van der Waals surface area (Å²) in [6, 6.07) is 8.03. The normalized spacial score (nSPS) is 10.9. The van der Waals surface area contributed by atoms with Crippen molar-refractivity contribution >= 4 is 22.9 Å². The number of fused-ring (bicyclic) bond motifs is 1. The van der Waals surface area contributed by atoms with Crippen molar-refractivity contribution in [3.63, 3.8) is 0 Å². The lowest BCUT2D eigenvalue weighted by atomic mass is 10.2. The maximum absolute atomic E-state index is 4.41. The van der Waals surface area contributed by atoms with Crippen LogP contribution < -0.4 is 5.32 Å². The Labute approximate surface area is 109 Å². The van der Waals surface area contributed by atoms with Crippen LogP contribution in [-0.2, 0) is 13.0 Å². The Hall–Kier alpha value is -1.88. The number of thiophene rings is 1. The molecule has 18 heavy (non-hydrogen) atoms. The van der Waals surface area contributed by atoms with Gasteiger partial charge in [0.1, 0.15) is 0 Å². The fraction of sp³-hybridized carbons (Fsp3) is 0.231. The van der Waals surface area contributed by atoms with E-state index < -0.39 is 0 Å². The molecule has 0 aliphatic heterocycles. The van der Waals surface area contributed by atoms with Crippen molar-refractivity contribution in [2.75, 3.05) is 5.32 Å². The van der Waals surface area contributed by atoms with E-state index in [1.807, 2.05) is 24.4 Å². The summed E-state index contributed by atoms with van der Waals surface area (Å²) in [5, 5.41) is 9.78. The first-order valence-corrected chi connectivity index (χ1v) is 6.85. The van der Waals surface area contributed by atoms with Gasteiger partial charge in [0.15, 0.2) is 5.65 Å². The summed E-state index contributed by atoms with van der Waals surface area (Å²) < 4.78 is 1.78. The zero-order valence-corrected chi connectivity index (χ0v) is 10.9. The van der Waals surface area contributed by atoms with Crippen molar-refractivity contribution < 1.29 is 0 Å². The maximum atomic E-state index is 4.41. The highest BCUT2D eigenvalue weighted by Gasteiger charge is 2.05. The third-order valence-corrected chi connectivity index (χ3v) is 3.83. The monoisotopic (exact) mass is 258 g/mol. The molecule has 0 unspecified atom stereocenters. The average Bonchev–Trinajstić information content (AvgIpc) is 3.01. The molecule has 3 aromatic rings. The number of rotatable bonds is 4. The second kappa shape index (κ2) is 4.78. The fourth-order valence-corrected chi connectivity index (χ4v) is 2.82. The standard InChI is InChI=1S/C13H14N4S/c1-2-10-6-8-18-11(10)9-14-13-15-12-5-3-4-7-17(12)16-13/h3-8H,2,9H2,1H3,(H,14,16). The van der Waals surface area contributed by atoms with Crippen LogP contribution in [0.2, 0.25) is 0 Å². The molecule has 3 rings (SSSR count). The van der Waals surface area contributed by atoms with Gasteiger partial charge in [-0.2, -0.15) is 4.98 Å². The number of pyridine rings is 1. The van der Waals surface area contributed by atoms with E-state index in [9.17, 15) is 0 Å². The summed E-state index contributed by atoms with van der Waals surface area (Å²) in [5.74, 6) is 0.677. The van der Waals surface area contributed by atoms with Crippen molar-refractivity contribution in [1.29, 1.82) is 0 Å². The Bertz CT molecular complexity index is 623. The van der Waals surface area contributed by atoms with Crippen LogP contribution in [0, 0.1) is 0 Å². The van der Waals surface area contributed by atoms with E-state index in [1.54, 1.807) is 15.9 Å². The molecule has 0 radical (unpaired) electrons. The summed E-state index contributed by atoms with van der Waals surface area (Å²) >= 11 is 1.78. The van der Waals surface area contributed by atoms with Crippen LogP contribution in [0.1, 0.15) is 17.4 Å². The lowest BCUT2D eigenvalue weighted by molar-refractivity contribution is 0.950. The predicted octanol–water partition coefficient (Wildman–Crippen LogP) is 2.97. The molecule has 4 nitrogen and oxygen atoms in total. The third kappa shape index (κ3) is 2.09. The summed E-state index contributed by atoms with van der Waals surface area (Å²) in [7, 11) is 0. The Morgan fingerprint density at radius 2 is 2.28 bits per heavy atom. The molecule has 0 aromatic carbocycles. The van der Waals surface area contributed by atoms with Crippen molar-refractivity contribution in [3.8, 4) is 0 Å². The molecule has 0 amide bonds. The summed E-state index contributed by atoms with van der Waals surface area (Å²) in [5.41, 5.74) is 2.26. The largest absolute Gasteiger partial charge is 0.348 e. The van der Waals surface area contributed by atoms with Gasteiger partial charge < -0.3 is 5.32 Å². The number of hydrogen-bond acceptors (Lipinski definition) is 4. The minimum absolute atomic E-state index is 0.677. The summed E-state index contributed by atoms with van der Waals surface area (Å²) in [6.45, 7) is 2.96. The lowest BCUT2D eigenvalue weighted by Gasteiger charge is -2.01. The Balaban J connectivity index is 1.77. The van der Waals surface area contributed by atoms with Crippen LogP contribution in [0.3, 0.4) is 0 Å². The summed E-state index contributed by atoms with van der Waals surface area (Å²) in [6.07, 6.45) is 2.97. The minimum atomic E-state index is 0.677.